The van der Waals surface area contributed by atoms with Crippen molar-refractivity contribution in [3.05, 3.63) is 70.3 Å². The van der Waals surface area contributed by atoms with Crippen LogP contribution in [0.1, 0.15) is 47.2 Å². The molecular formula is C20H25N. The molecule has 1 aliphatic rings. The van der Waals surface area contributed by atoms with E-state index in [0.29, 0.717) is 12.1 Å². The van der Waals surface area contributed by atoms with Gasteiger partial charge in [-0.15, -0.1) is 0 Å². The van der Waals surface area contributed by atoms with Crippen molar-refractivity contribution in [2.24, 2.45) is 0 Å². The molecule has 3 rings (SSSR count). The molecule has 0 spiro atoms. The average Bonchev–Trinajstić information content (AvgIpc) is 2.47. The zero-order valence-electron chi connectivity index (χ0n) is 13.3. The summed E-state index contributed by atoms with van der Waals surface area (Å²) in [6.07, 6.45) is 3.46. The molecule has 2 atom stereocenters. The van der Waals surface area contributed by atoms with Gasteiger partial charge >= 0.3 is 0 Å². The van der Waals surface area contributed by atoms with Crippen LogP contribution in [0.4, 0.5) is 0 Å². The highest BCUT2D eigenvalue weighted by Gasteiger charge is 2.24. The fraction of sp³-hybridized carbons (Fsp3) is 0.400. The van der Waals surface area contributed by atoms with E-state index in [-0.39, 0.29) is 0 Å². The Balaban J connectivity index is 1.83. The summed E-state index contributed by atoms with van der Waals surface area (Å²) in [6.45, 7) is 6.77. The van der Waals surface area contributed by atoms with E-state index in [9.17, 15) is 0 Å². The largest absolute Gasteiger partial charge is 0.307 e. The van der Waals surface area contributed by atoms with Crippen LogP contribution in [0.25, 0.3) is 0 Å². The lowest BCUT2D eigenvalue weighted by Gasteiger charge is -2.33. The standard InChI is InChI=1S/C20H25N/c1-14-11-15(2)18-13-16(3)21-20(19(18)12-14)10-9-17-7-5-4-6-8-17/h4-8,11-12,16,20-21H,9-10,13H2,1-3H3. The summed E-state index contributed by atoms with van der Waals surface area (Å²) in [5.74, 6) is 0. The number of nitrogens with one attached hydrogen (secondary N) is 1. The zero-order valence-corrected chi connectivity index (χ0v) is 13.3. The second kappa shape index (κ2) is 6.03. The van der Waals surface area contributed by atoms with Gasteiger partial charge in [-0.2, -0.15) is 0 Å². The van der Waals surface area contributed by atoms with Crippen molar-refractivity contribution in [3.8, 4) is 0 Å². The molecule has 1 nitrogen and oxygen atoms in total. The maximum absolute atomic E-state index is 3.80. The van der Waals surface area contributed by atoms with Crippen LogP contribution < -0.4 is 5.32 Å². The third-order valence-electron chi connectivity index (χ3n) is 4.59. The van der Waals surface area contributed by atoms with Gasteiger partial charge in [-0.1, -0.05) is 48.0 Å². The summed E-state index contributed by atoms with van der Waals surface area (Å²) in [6, 6.07) is 16.6. The molecule has 2 aromatic rings. The molecular weight excluding hydrogens is 254 g/mol. The Morgan fingerprint density at radius 3 is 2.62 bits per heavy atom. The van der Waals surface area contributed by atoms with Gasteiger partial charge in [0.05, 0.1) is 0 Å². The Labute approximate surface area is 128 Å². The van der Waals surface area contributed by atoms with E-state index in [1.165, 1.54) is 28.7 Å². The van der Waals surface area contributed by atoms with E-state index in [2.05, 4.69) is 68.6 Å². The van der Waals surface area contributed by atoms with Crippen molar-refractivity contribution in [1.82, 2.24) is 5.32 Å². The monoisotopic (exact) mass is 279 g/mol. The molecule has 1 heteroatoms. The van der Waals surface area contributed by atoms with E-state index >= 15 is 0 Å². The van der Waals surface area contributed by atoms with E-state index in [1.807, 2.05) is 0 Å². The molecule has 1 heterocycles. The summed E-state index contributed by atoms with van der Waals surface area (Å²) in [5, 5.41) is 3.80. The minimum absolute atomic E-state index is 0.488. The minimum Gasteiger partial charge on any atom is -0.307 e. The van der Waals surface area contributed by atoms with Crippen molar-refractivity contribution in [3.63, 3.8) is 0 Å². The Bertz CT molecular complexity index is 615. The fourth-order valence-corrected chi connectivity index (χ4v) is 3.61. The summed E-state index contributed by atoms with van der Waals surface area (Å²) >= 11 is 0. The van der Waals surface area contributed by atoms with Crippen molar-refractivity contribution >= 4 is 0 Å². The van der Waals surface area contributed by atoms with Gasteiger partial charge in [0.1, 0.15) is 0 Å². The minimum atomic E-state index is 0.488. The first-order valence-electron chi connectivity index (χ1n) is 8.03. The number of rotatable bonds is 3. The number of aryl methyl sites for hydroxylation is 3. The first kappa shape index (κ1) is 14.3. The zero-order chi connectivity index (χ0) is 14.8. The van der Waals surface area contributed by atoms with Crippen molar-refractivity contribution in [1.29, 1.82) is 0 Å². The molecule has 0 bridgehead atoms. The predicted octanol–water partition coefficient (Wildman–Crippen LogP) is 4.51. The van der Waals surface area contributed by atoms with Gasteiger partial charge in [-0.3, -0.25) is 0 Å². The molecule has 1 aliphatic heterocycles. The molecule has 0 amide bonds. The Kier molecular flexibility index (Phi) is 4.12. The van der Waals surface area contributed by atoms with Gasteiger partial charge in [0.2, 0.25) is 0 Å². The quantitative estimate of drug-likeness (QED) is 0.871. The summed E-state index contributed by atoms with van der Waals surface area (Å²) in [4.78, 5) is 0. The summed E-state index contributed by atoms with van der Waals surface area (Å²) in [7, 11) is 0. The number of hydrogen-bond donors (Lipinski definition) is 1. The molecule has 0 aliphatic carbocycles. The topological polar surface area (TPSA) is 12.0 Å². The molecule has 2 aromatic carbocycles. The molecule has 0 fully saturated rings. The first-order chi connectivity index (χ1) is 10.1. The lowest BCUT2D eigenvalue weighted by Crippen LogP contribution is -2.38. The van der Waals surface area contributed by atoms with Crippen LogP contribution in [0.15, 0.2) is 42.5 Å². The van der Waals surface area contributed by atoms with Crippen LogP contribution >= 0.6 is 0 Å². The molecule has 0 radical (unpaired) electrons. The second-order valence-electron chi connectivity index (χ2n) is 6.50. The predicted molar refractivity (Wildman–Crippen MR) is 89.7 cm³/mol. The molecule has 0 aromatic heterocycles. The van der Waals surface area contributed by atoms with Gasteiger partial charge in [0.15, 0.2) is 0 Å². The lowest BCUT2D eigenvalue weighted by atomic mass is 9.84. The third-order valence-corrected chi connectivity index (χ3v) is 4.59. The van der Waals surface area contributed by atoms with Gasteiger partial charge in [0.25, 0.3) is 0 Å². The van der Waals surface area contributed by atoms with E-state index in [4.69, 9.17) is 0 Å². The second-order valence-corrected chi connectivity index (χ2v) is 6.50. The van der Waals surface area contributed by atoms with Crippen LogP contribution in [0, 0.1) is 13.8 Å². The molecule has 0 saturated heterocycles. The van der Waals surface area contributed by atoms with E-state index in [0.717, 1.165) is 12.8 Å². The highest BCUT2D eigenvalue weighted by molar-refractivity contribution is 5.42. The van der Waals surface area contributed by atoms with Gasteiger partial charge in [-0.05, 0) is 62.3 Å². The van der Waals surface area contributed by atoms with Crippen LogP contribution in [-0.2, 0) is 12.8 Å². The van der Waals surface area contributed by atoms with Crippen molar-refractivity contribution < 1.29 is 0 Å². The Morgan fingerprint density at radius 2 is 1.86 bits per heavy atom. The van der Waals surface area contributed by atoms with Crippen LogP contribution in [-0.4, -0.2) is 6.04 Å². The summed E-state index contributed by atoms with van der Waals surface area (Å²) < 4.78 is 0. The first-order valence-corrected chi connectivity index (χ1v) is 8.03. The van der Waals surface area contributed by atoms with Crippen LogP contribution in [0.2, 0.25) is 0 Å². The maximum Gasteiger partial charge on any atom is 0.0328 e. The fourth-order valence-electron chi connectivity index (χ4n) is 3.61. The maximum atomic E-state index is 3.80. The van der Waals surface area contributed by atoms with E-state index < -0.39 is 0 Å². The number of benzene rings is 2. The summed E-state index contributed by atoms with van der Waals surface area (Å²) in [5.41, 5.74) is 7.38. The van der Waals surface area contributed by atoms with E-state index in [1.54, 1.807) is 5.56 Å². The van der Waals surface area contributed by atoms with Gasteiger partial charge in [0, 0.05) is 12.1 Å². The lowest BCUT2D eigenvalue weighted by molar-refractivity contribution is 0.403. The molecule has 2 unspecified atom stereocenters. The third kappa shape index (κ3) is 3.19. The average molecular weight is 279 g/mol. The number of hydrogen-bond acceptors (Lipinski definition) is 1. The number of fused-ring (bicyclic) bond motifs is 1. The highest BCUT2D eigenvalue weighted by atomic mass is 15.0. The molecule has 110 valence electrons. The SMILES string of the molecule is Cc1cc(C)c2c(c1)C(CCc1ccccc1)NC(C)C2. The smallest absolute Gasteiger partial charge is 0.0328 e. The van der Waals surface area contributed by atoms with Crippen LogP contribution in [0.5, 0.6) is 0 Å². The molecule has 1 N–H and O–H groups in total. The normalized spacial score (nSPS) is 21.1. The highest BCUT2D eigenvalue weighted by Crippen LogP contribution is 2.31. The Hall–Kier alpha value is -1.60. The van der Waals surface area contributed by atoms with Gasteiger partial charge in [-0.25, -0.2) is 0 Å². The Morgan fingerprint density at radius 1 is 1.10 bits per heavy atom. The van der Waals surface area contributed by atoms with Gasteiger partial charge < -0.3 is 5.32 Å². The molecule has 0 saturated carbocycles. The van der Waals surface area contributed by atoms with Crippen LogP contribution in [0.3, 0.4) is 0 Å². The molecule has 21 heavy (non-hydrogen) atoms. The van der Waals surface area contributed by atoms with Crippen molar-refractivity contribution in [2.45, 2.75) is 52.1 Å². The van der Waals surface area contributed by atoms with Crippen molar-refractivity contribution in [2.75, 3.05) is 0 Å².